The Balaban J connectivity index is 1.74. The Labute approximate surface area is 125 Å². The third-order valence-corrected chi connectivity index (χ3v) is 4.57. The summed E-state index contributed by atoms with van der Waals surface area (Å²) in [6, 6.07) is 8.20. The maximum atomic E-state index is 12.6. The van der Waals surface area contributed by atoms with Crippen LogP contribution in [0.15, 0.2) is 24.3 Å². The molecule has 1 aromatic carbocycles. The van der Waals surface area contributed by atoms with E-state index in [1.54, 1.807) is 4.90 Å². The summed E-state index contributed by atoms with van der Waals surface area (Å²) in [5.41, 5.74) is 2.44. The summed E-state index contributed by atoms with van der Waals surface area (Å²) in [5.74, 6) is 0.257. The molecule has 112 valence electrons. The van der Waals surface area contributed by atoms with Crippen LogP contribution in [0.25, 0.3) is 0 Å². The van der Waals surface area contributed by atoms with Gasteiger partial charge in [0.05, 0.1) is 0 Å². The summed E-state index contributed by atoms with van der Waals surface area (Å²) >= 11 is 0. The van der Waals surface area contributed by atoms with Gasteiger partial charge in [-0.1, -0.05) is 31.2 Å². The second kappa shape index (κ2) is 5.88. The lowest BCUT2D eigenvalue weighted by atomic mass is 10.1. The number of fused-ring (bicyclic) bond motifs is 1. The van der Waals surface area contributed by atoms with Crippen molar-refractivity contribution in [1.29, 1.82) is 0 Å². The van der Waals surface area contributed by atoms with E-state index in [4.69, 9.17) is 0 Å². The van der Waals surface area contributed by atoms with Crippen LogP contribution in [0.3, 0.4) is 0 Å². The Hall–Kier alpha value is -1.84. The van der Waals surface area contributed by atoms with Crippen LogP contribution in [0.4, 0.5) is 0 Å². The molecule has 2 amide bonds. The van der Waals surface area contributed by atoms with Gasteiger partial charge in [0.25, 0.3) is 0 Å². The molecule has 0 N–H and O–H groups in total. The first-order valence-corrected chi connectivity index (χ1v) is 7.85. The summed E-state index contributed by atoms with van der Waals surface area (Å²) in [4.78, 5) is 28.3. The van der Waals surface area contributed by atoms with Gasteiger partial charge in [0.2, 0.25) is 11.8 Å². The number of benzene rings is 1. The SMILES string of the molecule is CCc1ccc(CN2CCC(=O)N3CCCC3C2=O)cc1. The molecular formula is C17H22N2O2. The van der Waals surface area contributed by atoms with Gasteiger partial charge in [0.1, 0.15) is 6.04 Å². The summed E-state index contributed by atoms with van der Waals surface area (Å²) in [7, 11) is 0. The normalized spacial score (nSPS) is 22.4. The van der Waals surface area contributed by atoms with Crippen LogP contribution < -0.4 is 0 Å². The average molecular weight is 286 g/mol. The van der Waals surface area contributed by atoms with Crippen LogP contribution in [-0.2, 0) is 22.6 Å². The molecule has 3 rings (SSSR count). The summed E-state index contributed by atoms with van der Waals surface area (Å²) in [6.45, 7) is 4.03. The minimum absolute atomic E-state index is 0.123. The molecule has 2 fully saturated rings. The first-order valence-electron chi connectivity index (χ1n) is 7.85. The second-order valence-electron chi connectivity index (χ2n) is 5.93. The fraction of sp³-hybridized carbons (Fsp3) is 0.529. The predicted molar refractivity (Wildman–Crippen MR) is 80.6 cm³/mol. The van der Waals surface area contributed by atoms with Crippen molar-refractivity contribution in [2.24, 2.45) is 0 Å². The number of nitrogens with zero attached hydrogens (tertiary/aromatic N) is 2. The van der Waals surface area contributed by atoms with Crippen LogP contribution >= 0.6 is 0 Å². The van der Waals surface area contributed by atoms with E-state index < -0.39 is 0 Å². The van der Waals surface area contributed by atoms with Crippen molar-refractivity contribution in [3.05, 3.63) is 35.4 Å². The highest BCUT2D eigenvalue weighted by Crippen LogP contribution is 2.24. The Morgan fingerprint density at radius 2 is 1.81 bits per heavy atom. The van der Waals surface area contributed by atoms with Gasteiger partial charge in [-0.2, -0.15) is 0 Å². The number of carbonyl (C=O) groups excluding carboxylic acids is 2. The molecule has 1 atom stereocenters. The molecule has 0 aliphatic carbocycles. The quantitative estimate of drug-likeness (QED) is 0.852. The van der Waals surface area contributed by atoms with Gasteiger partial charge in [0, 0.05) is 26.1 Å². The van der Waals surface area contributed by atoms with Gasteiger partial charge in [-0.25, -0.2) is 0 Å². The molecule has 1 aromatic rings. The highest BCUT2D eigenvalue weighted by atomic mass is 16.2. The van der Waals surface area contributed by atoms with E-state index in [9.17, 15) is 9.59 Å². The number of carbonyl (C=O) groups is 2. The van der Waals surface area contributed by atoms with Gasteiger partial charge < -0.3 is 9.80 Å². The van der Waals surface area contributed by atoms with Gasteiger partial charge in [-0.15, -0.1) is 0 Å². The number of aryl methyl sites for hydroxylation is 1. The molecule has 2 saturated heterocycles. The zero-order valence-electron chi connectivity index (χ0n) is 12.5. The van der Waals surface area contributed by atoms with E-state index in [0.29, 0.717) is 19.5 Å². The Morgan fingerprint density at radius 3 is 2.52 bits per heavy atom. The maximum absolute atomic E-state index is 12.6. The van der Waals surface area contributed by atoms with Crippen LogP contribution in [-0.4, -0.2) is 40.7 Å². The summed E-state index contributed by atoms with van der Waals surface area (Å²) in [5, 5.41) is 0. The molecule has 0 spiro atoms. The minimum atomic E-state index is -0.213. The molecule has 4 heteroatoms. The lowest BCUT2D eigenvalue weighted by molar-refractivity contribution is -0.139. The van der Waals surface area contributed by atoms with Crippen molar-refractivity contribution < 1.29 is 9.59 Å². The zero-order valence-corrected chi connectivity index (χ0v) is 12.5. The summed E-state index contributed by atoms with van der Waals surface area (Å²) in [6.07, 6.45) is 3.24. The van der Waals surface area contributed by atoms with Crippen molar-refractivity contribution in [3.63, 3.8) is 0 Å². The van der Waals surface area contributed by atoms with E-state index in [2.05, 4.69) is 31.2 Å². The maximum Gasteiger partial charge on any atom is 0.245 e. The van der Waals surface area contributed by atoms with Gasteiger partial charge in [0.15, 0.2) is 0 Å². The van der Waals surface area contributed by atoms with E-state index >= 15 is 0 Å². The molecule has 0 bridgehead atoms. The molecule has 1 unspecified atom stereocenters. The smallest absolute Gasteiger partial charge is 0.245 e. The molecular weight excluding hydrogens is 264 g/mol. The molecule has 0 radical (unpaired) electrons. The topological polar surface area (TPSA) is 40.6 Å². The highest BCUT2D eigenvalue weighted by molar-refractivity contribution is 5.90. The average Bonchev–Trinajstić information content (AvgIpc) is 2.97. The number of hydrogen-bond acceptors (Lipinski definition) is 2. The molecule has 2 aliphatic heterocycles. The molecule has 21 heavy (non-hydrogen) atoms. The van der Waals surface area contributed by atoms with E-state index in [0.717, 1.165) is 31.4 Å². The Bertz CT molecular complexity index is 538. The van der Waals surface area contributed by atoms with Gasteiger partial charge in [-0.05, 0) is 30.4 Å². The van der Waals surface area contributed by atoms with Crippen LogP contribution in [0.2, 0.25) is 0 Å². The van der Waals surface area contributed by atoms with Crippen LogP contribution in [0.1, 0.15) is 37.3 Å². The number of hydrogen-bond donors (Lipinski definition) is 0. The number of amides is 2. The third-order valence-electron chi connectivity index (χ3n) is 4.57. The molecule has 0 saturated carbocycles. The first-order chi connectivity index (χ1) is 10.2. The standard InChI is InChI=1S/C17H22N2O2/c1-2-13-5-7-14(8-6-13)12-18-11-9-16(20)19-10-3-4-15(19)17(18)21/h5-8,15H,2-4,9-12H2,1H3. The van der Waals surface area contributed by atoms with E-state index in [1.807, 2.05) is 4.90 Å². The van der Waals surface area contributed by atoms with Crippen LogP contribution in [0, 0.1) is 0 Å². The minimum Gasteiger partial charge on any atom is -0.336 e. The van der Waals surface area contributed by atoms with E-state index in [1.165, 1.54) is 5.56 Å². The van der Waals surface area contributed by atoms with Crippen molar-refractivity contribution >= 4 is 11.8 Å². The first kappa shape index (κ1) is 14.1. The van der Waals surface area contributed by atoms with Crippen molar-refractivity contribution in [3.8, 4) is 0 Å². The van der Waals surface area contributed by atoms with Crippen molar-refractivity contribution in [1.82, 2.24) is 9.80 Å². The highest BCUT2D eigenvalue weighted by Gasteiger charge is 2.38. The fourth-order valence-electron chi connectivity index (χ4n) is 3.27. The molecule has 2 aliphatic rings. The second-order valence-corrected chi connectivity index (χ2v) is 5.93. The largest absolute Gasteiger partial charge is 0.336 e. The predicted octanol–water partition coefficient (Wildman–Crippen LogP) is 1.97. The lowest BCUT2D eigenvalue weighted by Crippen LogP contribution is -2.43. The Morgan fingerprint density at radius 1 is 1.10 bits per heavy atom. The molecule has 2 heterocycles. The van der Waals surface area contributed by atoms with Gasteiger partial charge in [-0.3, -0.25) is 9.59 Å². The fourth-order valence-corrected chi connectivity index (χ4v) is 3.27. The third kappa shape index (κ3) is 2.80. The van der Waals surface area contributed by atoms with E-state index in [-0.39, 0.29) is 17.9 Å². The monoisotopic (exact) mass is 286 g/mol. The molecule has 0 aromatic heterocycles. The number of rotatable bonds is 3. The lowest BCUT2D eigenvalue weighted by Gasteiger charge is -2.25. The van der Waals surface area contributed by atoms with Crippen molar-refractivity contribution in [2.45, 2.75) is 45.2 Å². The van der Waals surface area contributed by atoms with Crippen LogP contribution in [0.5, 0.6) is 0 Å². The van der Waals surface area contributed by atoms with Crippen molar-refractivity contribution in [2.75, 3.05) is 13.1 Å². The molecule has 4 nitrogen and oxygen atoms in total. The Kier molecular flexibility index (Phi) is 3.95. The summed E-state index contributed by atoms with van der Waals surface area (Å²) < 4.78 is 0. The zero-order chi connectivity index (χ0) is 14.8. The van der Waals surface area contributed by atoms with Gasteiger partial charge >= 0.3 is 0 Å².